The Morgan fingerprint density at radius 3 is 2.77 bits per heavy atom. The van der Waals surface area contributed by atoms with Crippen LogP contribution in [0.15, 0.2) is 15.8 Å². The first-order valence-electron chi connectivity index (χ1n) is 3.31. The van der Waals surface area contributed by atoms with Gasteiger partial charge in [-0.05, 0) is 0 Å². The average Bonchev–Trinajstić information content (AvgIpc) is 2.12. The van der Waals surface area contributed by atoms with Gasteiger partial charge in [-0.2, -0.15) is 9.67 Å². The van der Waals surface area contributed by atoms with Crippen molar-refractivity contribution in [2.45, 2.75) is 0 Å². The van der Waals surface area contributed by atoms with Crippen LogP contribution in [0.2, 0.25) is 0 Å². The van der Waals surface area contributed by atoms with Crippen molar-refractivity contribution in [2.75, 3.05) is 7.11 Å². The zero-order chi connectivity index (χ0) is 10.0. The van der Waals surface area contributed by atoms with Crippen LogP contribution in [0.25, 0.3) is 0 Å². The summed E-state index contributed by atoms with van der Waals surface area (Å²) < 4.78 is 5.64. The summed E-state index contributed by atoms with van der Waals surface area (Å²) in [6, 6.07) is 0. The molecule has 1 heterocycles. The zero-order valence-corrected chi connectivity index (χ0v) is 9.05. The molecule has 0 bridgehead atoms. The summed E-state index contributed by atoms with van der Waals surface area (Å²) in [7, 11) is 1.09. The Labute approximate surface area is 80.2 Å². The van der Waals surface area contributed by atoms with Gasteiger partial charge >= 0.3 is 28.3 Å². The van der Waals surface area contributed by atoms with E-state index in [1.54, 1.807) is 0 Å². The maximum Gasteiger partial charge on any atom is 0.425 e. The quantitative estimate of drug-likeness (QED) is 0.428. The molecule has 7 nitrogen and oxygen atoms in total. The summed E-state index contributed by atoms with van der Waals surface area (Å²) in [5.41, 5.74) is -1.56. The molecule has 1 aromatic heterocycles. The Kier molecular flexibility index (Phi) is 2.65. The van der Waals surface area contributed by atoms with Crippen molar-refractivity contribution >= 4 is 22.6 Å². The summed E-state index contributed by atoms with van der Waals surface area (Å²) in [4.78, 5) is 33.1. The molecule has 0 unspecified atom stereocenters. The summed E-state index contributed by atoms with van der Waals surface area (Å²) in [6.45, 7) is 0. The standard InChI is InChI=1S/C5H5N3O4.Al.2H/c1-12-5(11)8-3(9)2-6-7-4(8)10;;;/h2H,1H3,(H,7,9,10);;;/q;+1;;/p-1. The van der Waals surface area contributed by atoms with Crippen molar-refractivity contribution < 1.29 is 9.53 Å². The van der Waals surface area contributed by atoms with Crippen LogP contribution >= 0.6 is 0 Å². The van der Waals surface area contributed by atoms with E-state index in [0.717, 1.165) is 17.0 Å². The molecule has 0 fully saturated rings. The highest BCUT2D eigenvalue weighted by Gasteiger charge is 2.11. The molecule has 0 amide bonds. The monoisotopic (exact) mass is 199 g/mol. The van der Waals surface area contributed by atoms with E-state index in [4.69, 9.17) is 0 Å². The lowest BCUT2D eigenvalue weighted by Crippen LogP contribution is -2.44. The maximum absolute atomic E-state index is 11.2. The molecule has 0 aromatic carbocycles. The lowest BCUT2D eigenvalue weighted by Gasteiger charge is -2.02. The second-order valence-corrected chi connectivity index (χ2v) is 3.04. The molecule has 0 aliphatic carbocycles. The SMILES string of the molecule is COC(=O)n1c(=O)cn[n]([AlH2])c1=O. The predicted octanol–water partition coefficient (Wildman–Crippen LogP) is -2.58. The van der Waals surface area contributed by atoms with Crippen LogP contribution in [0.4, 0.5) is 4.79 Å². The molecule has 68 valence electrons. The van der Waals surface area contributed by atoms with E-state index in [1.807, 2.05) is 0 Å². The van der Waals surface area contributed by atoms with Crippen molar-refractivity contribution in [1.29, 1.82) is 0 Å². The number of ether oxygens (including phenoxy) is 1. The van der Waals surface area contributed by atoms with Gasteiger partial charge in [-0.25, -0.2) is 9.59 Å². The van der Waals surface area contributed by atoms with E-state index in [-0.39, 0.29) is 0 Å². The fraction of sp³-hybridized carbons (Fsp3) is 0.200. The fourth-order valence-electron chi connectivity index (χ4n) is 0.741. The van der Waals surface area contributed by atoms with Crippen LogP contribution in [0.1, 0.15) is 0 Å². The molecule has 0 radical (unpaired) electrons. The molecule has 1 aromatic rings. The number of rotatable bonds is 0. The number of hydrogen-bond acceptors (Lipinski definition) is 5. The topological polar surface area (TPSA) is 83.2 Å². The summed E-state index contributed by atoms with van der Waals surface area (Å²) >= 11 is 0.297. The number of aromatic nitrogens is 3. The molecule has 1 rings (SSSR count). The van der Waals surface area contributed by atoms with Gasteiger partial charge in [-0.1, -0.05) is 0 Å². The van der Waals surface area contributed by atoms with Gasteiger partial charge in [0.05, 0.1) is 7.11 Å². The lowest BCUT2D eigenvalue weighted by molar-refractivity contribution is 0.170. The molecule has 13 heavy (non-hydrogen) atoms. The summed E-state index contributed by atoms with van der Waals surface area (Å²) in [6.07, 6.45) is -0.104. The van der Waals surface area contributed by atoms with E-state index < -0.39 is 17.3 Å². The Bertz CT molecular complexity index is 448. The molecule has 0 saturated carbocycles. The number of methoxy groups -OCH3 is 1. The normalized spacial score (nSPS) is 9.62. The second kappa shape index (κ2) is 3.55. The first kappa shape index (κ1) is 9.70. The molecule has 0 atom stereocenters. The smallest absolute Gasteiger partial charge is 0.425 e. The number of carbonyl (C=O) groups is 1. The first-order valence-corrected chi connectivity index (χ1v) is 4.21. The van der Waals surface area contributed by atoms with Gasteiger partial charge in [-0.3, -0.25) is 4.79 Å². The highest BCUT2D eigenvalue weighted by atomic mass is 27.1. The van der Waals surface area contributed by atoms with Gasteiger partial charge in [0.2, 0.25) is 0 Å². The highest BCUT2D eigenvalue weighted by Crippen LogP contribution is 1.74. The Morgan fingerprint density at radius 1 is 1.62 bits per heavy atom. The Morgan fingerprint density at radius 2 is 2.23 bits per heavy atom. The second-order valence-electron chi connectivity index (χ2n) is 2.19. The summed E-state index contributed by atoms with van der Waals surface area (Å²) in [5, 5.41) is 3.48. The zero-order valence-electron chi connectivity index (χ0n) is 7.05. The van der Waals surface area contributed by atoms with Gasteiger partial charge in [-0.15, -0.1) is 0 Å². The van der Waals surface area contributed by atoms with Crippen molar-refractivity contribution in [3.8, 4) is 0 Å². The van der Waals surface area contributed by atoms with Crippen LogP contribution in [-0.2, 0) is 4.74 Å². The number of carbonyl (C=O) groups excluding carboxylic acids is 1. The number of nitrogens with zero attached hydrogens (tertiary/aromatic N) is 3. The molecule has 0 aliphatic heterocycles. The third-order valence-electron chi connectivity index (χ3n) is 1.39. The molecule has 0 saturated heterocycles. The molecular formula is C5H6AlN3O4. The molecule has 0 spiro atoms. The summed E-state index contributed by atoms with van der Waals surface area (Å²) in [5.74, 6) is 0. The first-order chi connectivity index (χ1) is 6.07. The van der Waals surface area contributed by atoms with Crippen molar-refractivity contribution in [3.63, 3.8) is 0 Å². The van der Waals surface area contributed by atoms with Gasteiger partial charge in [0.1, 0.15) is 6.20 Å². The van der Waals surface area contributed by atoms with E-state index in [0.29, 0.717) is 21.1 Å². The Hall–Kier alpha value is -1.39. The van der Waals surface area contributed by atoms with Crippen LogP contribution in [0.3, 0.4) is 0 Å². The van der Waals surface area contributed by atoms with E-state index in [9.17, 15) is 14.4 Å². The third-order valence-corrected chi connectivity index (χ3v) is 2.00. The van der Waals surface area contributed by atoms with Crippen LogP contribution < -0.4 is 11.2 Å². The van der Waals surface area contributed by atoms with Gasteiger partial charge in [0.25, 0.3) is 5.56 Å². The van der Waals surface area contributed by atoms with Crippen molar-refractivity contribution in [3.05, 3.63) is 27.0 Å². The average molecular weight is 199 g/mol. The van der Waals surface area contributed by atoms with Gasteiger partial charge < -0.3 is 8.40 Å². The van der Waals surface area contributed by atoms with Crippen molar-refractivity contribution in [2.24, 2.45) is 0 Å². The van der Waals surface area contributed by atoms with E-state index >= 15 is 0 Å². The minimum absolute atomic E-state index is 0.297. The lowest BCUT2D eigenvalue weighted by atomic mass is 10.8. The van der Waals surface area contributed by atoms with Crippen LogP contribution in [0.5, 0.6) is 0 Å². The van der Waals surface area contributed by atoms with Gasteiger partial charge in [0.15, 0.2) is 0 Å². The molecule has 0 aliphatic rings. The third kappa shape index (κ3) is 1.69. The predicted molar refractivity (Wildman–Crippen MR) is 44.5 cm³/mol. The molecular weight excluding hydrogens is 193 g/mol. The Balaban J connectivity index is 3.52. The van der Waals surface area contributed by atoms with Crippen LogP contribution in [-0.4, -0.2) is 43.0 Å². The van der Waals surface area contributed by atoms with E-state index in [2.05, 4.69) is 9.84 Å². The minimum Gasteiger partial charge on any atom is -0.452 e. The maximum atomic E-state index is 11.2. The largest absolute Gasteiger partial charge is 0.452 e. The number of hydrogen-bond donors (Lipinski definition) is 0. The van der Waals surface area contributed by atoms with Crippen molar-refractivity contribution in [1.82, 2.24) is 13.3 Å². The van der Waals surface area contributed by atoms with E-state index in [1.165, 1.54) is 0 Å². The fourth-order valence-corrected chi connectivity index (χ4v) is 1.06. The highest BCUT2D eigenvalue weighted by molar-refractivity contribution is 6.05. The molecule has 0 N–H and O–H groups in total. The minimum atomic E-state index is -0.998. The van der Waals surface area contributed by atoms with Crippen LogP contribution in [0, 0.1) is 0 Å². The van der Waals surface area contributed by atoms with Gasteiger partial charge in [0, 0.05) is 0 Å². The molecule has 8 heteroatoms.